The van der Waals surface area contributed by atoms with Crippen molar-refractivity contribution in [3.8, 4) is 5.75 Å². The molecule has 4 rings (SSSR count). The SMILES string of the molecule is COc1ccc([C@H]2OC[C@@H]3[C@H]2[C@@H](OC)O[C@H]3c2ccccc2)cc1. The molecule has 2 heterocycles. The average Bonchev–Trinajstić information content (AvgIpc) is 3.23. The van der Waals surface area contributed by atoms with Gasteiger partial charge in [0.25, 0.3) is 0 Å². The molecule has 4 heteroatoms. The van der Waals surface area contributed by atoms with Crippen LogP contribution in [0.4, 0.5) is 0 Å². The number of hydrogen-bond donors (Lipinski definition) is 0. The van der Waals surface area contributed by atoms with Crippen molar-refractivity contribution in [2.45, 2.75) is 18.5 Å². The van der Waals surface area contributed by atoms with E-state index in [0.717, 1.165) is 11.3 Å². The molecular formula is C20H22O4. The highest BCUT2D eigenvalue weighted by Gasteiger charge is 2.53. The number of fused-ring (bicyclic) bond motifs is 1. The fourth-order valence-corrected chi connectivity index (χ4v) is 3.92. The van der Waals surface area contributed by atoms with Gasteiger partial charge in [-0.15, -0.1) is 0 Å². The van der Waals surface area contributed by atoms with Crippen LogP contribution in [0.1, 0.15) is 23.3 Å². The van der Waals surface area contributed by atoms with Crippen molar-refractivity contribution in [1.29, 1.82) is 0 Å². The Bertz CT molecular complexity index is 670. The maximum absolute atomic E-state index is 6.23. The summed E-state index contributed by atoms with van der Waals surface area (Å²) in [6, 6.07) is 18.4. The van der Waals surface area contributed by atoms with Crippen LogP contribution in [-0.4, -0.2) is 27.1 Å². The van der Waals surface area contributed by atoms with Crippen LogP contribution in [0.3, 0.4) is 0 Å². The summed E-state index contributed by atoms with van der Waals surface area (Å²) >= 11 is 0. The first kappa shape index (κ1) is 15.6. The van der Waals surface area contributed by atoms with Gasteiger partial charge < -0.3 is 18.9 Å². The highest BCUT2D eigenvalue weighted by molar-refractivity contribution is 5.30. The molecule has 2 saturated heterocycles. The van der Waals surface area contributed by atoms with Crippen molar-refractivity contribution in [3.05, 3.63) is 65.7 Å². The second kappa shape index (κ2) is 6.55. The van der Waals surface area contributed by atoms with Gasteiger partial charge in [-0.2, -0.15) is 0 Å². The summed E-state index contributed by atoms with van der Waals surface area (Å²) in [7, 11) is 3.38. The van der Waals surface area contributed by atoms with E-state index in [0.29, 0.717) is 12.5 Å². The lowest BCUT2D eigenvalue weighted by Crippen LogP contribution is -2.24. The van der Waals surface area contributed by atoms with Gasteiger partial charge >= 0.3 is 0 Å². The zero-order chi connectivity index (χ0) is 16.5. The van der Waals surface area contributed by atoms with E-state index in [-0.39, 0.29) is 24.4 Å². The molecule has 2 aliphatic heterocycles. The second-order valence-corrected chi connectivity index (χ2v) is 6.34. The van der Waals surface area contributed by atoms with Crippen LogP contribution in [-0.2, 0) is 14.2 Å². The Morgan fingerprint density at radius 2 is 1.58 bits per heavy atom. The van der Waals surface area contributed by atoms with E-state index in [9.17, 15) is 0 Å². The zero-order valence-corrected chi connectivity index (χ0v) is 13.9. The number of benzene rings is 2. The van der Waals surface area contributed by atoms with Crippen molar-refractivity contribution in [2.75, 3.05) is 20.8 Å². The summed E-state index contributed by atoms with van der Waals surface area (Å²) in [4.78, 5) is 0. The molecule has 126 valence electrons. The van der Waals surface area contributed by atoms with Gasteiger partial charge in [-0.25, -0.2) is 0 Å². The number of rotatable bonds is 4. The van der Waals surface area contributed by atoms with Crippen molar-refractivity contribution < 1.29 is 18.9 Å². The van der Waals surface area contributed by atoms with Crippen molar-refractivity contribution >= 4 is 0 Å². The van der Waals surface area contributed by atoms with Crippen LogP contribution in [0.15, 0.2) is 54.6 Å². The Labute approximate surface area is 142 Å². The Morgan fingerprint density at radius 1 is 0.875 bits per heavy atom. The second-order valence-electron chi connectivity index (χ2n) is 6.34. The van der Waals surface area contributed by atoms with Crippen LogP contribution in [0.25, 0.3) is 0 Å². The Kier molecular flexibility index (Phi) is 4.27. The minimum absolute atomic E-state index is 0.0143. The molecule has 5 atom stereocenters. The lowest BCUT2D eigenvalue weighted by molar-refractivity contribution is -0.153. The first-order valence-electron chi connectivity index (χ1n) is 8.30. The summed E-state index contributed by atoms with van der Waals surface area (Å²) in [5.41, 5.74) is 2.33. The molecule has 0 amide bonds. The predicted octanol–water partition coefficient (Wildman–Crippen LogP) is 3.74. The van der Waals surface area contributed by atoms with Gasteiger partial charge in [0.1, 0.15) is 5.75 Å². The van der Waals surface area contributed by atoms with Gasteiger partial charge in [0.15, 0.2) is 6.29 Å². The lowest BCUT2D eigenvalue weighted by atomic mass is 9.84. The third-order valence-corrected chi connectivity index (χ3v) is 5.10. The Balaban J connectivity index is 1.62. The van der Waals surface area contributed by atoms with E-state index in [4.69, 9.17) is 18.9 Å². The number of methoxy groups -OCH3 is 2. The summed E-state index contributed by atoms with van der Waals surface area (Å²) in [6.45, 7) is 0.681. The van der Waals surface area contributed by atoms with E-state index in [2.05, 4.69) is 24.3 Å². The molecule has 0 bridgehead atoms. The van der Waals surface area contributed by atoms with Crippen LogP contribution >= 0.6 is 0 Å². The molecule has 2 aliphatic rings. The molecule has 2 aromatic rings. The van der Waals surface area contributed by atoms with E-state index in [1.165, 1.54) is 5.56 Å². The van der Waals surface area contributed by atoms with E-state index in [1.54, 1.807) is 14.2 Å². The molecule has 0 spiro atoms. The van der Waals surface area contributed by atoms with E-state index in [1.807, 2.05) is 30.3 Å². The van der Waals surface area contributed by atoms with E-state index < -0.39 is 0 Å². The molecule has 0 saturated carbocycles. The number of ether oxygens (including phenoxy) is 4. The third kappa shape index (κ3) is 2.61. The van der Waals surface area contributed by atoms with Crippen molar-refractivity contribution in [2.24, 2.45) is 11.8 Å². The summed E-state index contributed by atoms with van der Waals surface area (Å²) < 4.78 is 23.3. The normalized spacial score (nSPS) is 31.8. The molecule has 0 radical (unpaired) electrons. The largest absolute Gasteiger partial charge is 0.497 e. The molecule has 2 aromatic carbocycles. The van der Waals surface area contributed by atoms with Gasteiger partial charge in [-0.05, 0) is 23.3 Å². The third-order valence-electron chi connectivity index (χ3n) is 5.10. The van der Waals surface area contributed by atoms with Crippen LogP contribution in [0, 0.1) is 11.8 Å². The quantitative estimate of drug-likeness (QED) is 0.857. The van der Waals surface area contributed by atoms with Gasteiger partial charge in [0.2, 0.25) is 0 Å². The van der Waals surface area contributed by atoms with Crippen LogP contribution in [0.2, 0.25) is 0 Å². The lowest BCUT2D eigenvalue weighted by Gasteiger charge is -2.22. The molecule has 4 nitrogen and oxygen atoms in total. The molecule has 24 heavy (non-hydrogen) atoms. The fraction of sp³-hybridized carbons (Fsp3) is 0.400. The van der Waals surface area contributed by atoms with Crippen LogP contribution in [0.5, 0.6) is 5.75 Å². The zero-order valence-electron chi connectivity index (χ0n) is 13.9. The van der Waals surface area contributed by atoms with Crippen molar-refractivity contribution in [3.63, 3.8) is 0 Å². The monoisotopic (exact) mass is 326 g/mol. The molecule has 0 unspecified atom stereocenters. The smallest absolute Gasteiger partial charge is 0.164 e. The topological polar surface area (TPSA) is 36.9 Å². The first-order chi connectivity index (χ1) is 11.8. The van der Waals surface area contributed by atoms with E-state index >= 15 is 0 Å². The Morgan fingerprint density at radius 3 is 2.25 bits per heavy atom. The van der Waals surface area contributed by atoms with Crippen LogP contribution < -0.4 is 4.74 Å². The van der Waals surface area contributed by atoms with Gasteiger partial charge in [-0.3, -0.25) is 0 Å². The first-order valence-corrected chi connectivity index (χ1v) is 8.30. The highest BCUT2D eigenvalue weighted by Crippen LogP contribution is 2.53. The summed E-state index contributed by atoms with van der Waals surface area (Å²) in [5, 5.41) is 0. The standard InChI is InChI=1S/C20H22O4/c1-21-15-10-8-14(9-11-15)19-17-16(12-23-19)18(24-20(17)22-2)13-6-4-3-5-7-13/h3-11,16-20H,12H2,1-2H3/t16-,17-,18+,19-,20+/m1/s1. The maximum Gasteiger partial charge on any atom is 0.164 e. The molecule has 0 N–H and O–H groups in total. The molecule has 2 fully saturated rings. The van der Waals surface area contributed by atoms with Gasteiger partial charge in [-0.1, -0.05) is 42.5 Å². The number of hydrogen-bond acceptors (Lipinski definition) is 4. The highest BCUT2D eigenvalue weighted by atomic mass is 16.7. The summed E-state index contributed by atoms with van der Waals surface area (Å²) in [6.07, 6.45) is -0.251. The van der Waals surface area contributed by atoms with Gasteiger partial charge in [0.05, 0.1) is 25.9 Å². The van der Waals surface area contributed by atoms with Crippen molar-refractivity contribution in [1.82, 2.24) is 0 Å². The minimum Gasteiger partial charge on any atom is -0.497 e. The summed E-state index contributed by atoms with van der Waals surface area (Å²) in [5.74, 6) is 1.33. The predicted molar refractivity (Wildman–Crippen MR) is 89.7 cm³/mol. The molecule has 0 aliphatic carbocycles. The minimum atomic E-state index is -0.255. The fourth-order valence-electron chi connectivity index (χ4n) is 3.92. The molecule has 0 aromatic heterocycles. The molecular weight excluding hydrogens is 304 g/mol. The average molecular weight is 326 g/mol. The Hall–Kier alpha value is -1.88. The maximum atomic E-state index is 6.23. The van der Waals surface area contributed by atoms with Gasteiger partial charge in [0, 0.05) is 18.9 Å².